The van der Waals surface area contributed by atoms with Crippen molar-refractivity contribution in [2.75, 3.05) is 13.2 Å². The lowest BCUT2D eigenvalue weighted by molar-refractivity contribution is -0.127. The zero-order valence-electron chi connectivity index (χ0n) is 12.6. The molecule has 6 nitrogen and oxygen atoms in total. The molecule has 1 aromatic heterocycles. The average Bonchev–Trinajstić information content (AvgIpc) is 3.17. The molecule has 0 spiro atoms. The molecule has 3 rings (SSSR count). The summed E-state index contributed by atoms with van der Waals surface area (Å²) in [6, 6.07) is -0.00185. The minimum atomic E-state index is -0.151. The van der Waals surface area contributed by atoms with E-state index in [0.29, 0.717) is 13.2 Å². The van der Waals surface area contributed by atoms with Crippen LogP contribution in [0, 0.1) is 5.92 Å². The summed E-state index contributed by atoms with van der Waals surface area (Å²) in [5.41, 5.74) is 0. The second-order valence-corrected chi connectivity index (χ2v) is 5.74. The van der Waals surface area contributed by atoms with Gasteiger partial charge >= 0.3 is 0 Å². The SMILES string of the molecule is CCn1ccnc1[C@H]1OCC[C@@H]1NC(=O)[C@H]1CCO[C@H]1C. The standard InChI is InChI=1S/C15H23N3O3/c1-3-18-7-6-16-14(18)13-12(5-9-21-13)17-15(19)11-4-8-20-10(11)2/h6-7,10-13H,3-5,8-9H2,1-2H3,(H,17,19)/t10-,11-,12-,13-/m0/s1. The molecule has 1 N–H and O–H groups in total. The van der Waals surface area contributed by atoms with Crippen molar-refractivity contribution in [2.24, 2.45) is 5.92 Å². The molecule has 1 amide bonds. The fourth-order valence-electron chi connectivity index (χ4n) is 3.20. The number of amides is 1. The fourth-order valence-corrected chi connectivity index (χ4v) is 3.20. The molecular weight excluding hydrogens is 270 g/mol. The van der Waals surface area contributed by atoms with Crippen LogP contribution in [-0.4, -0.2) is 40.8 Å². The molecule has 2 saturated heterocycles. The number of nitrogens with zero attached hydrogens (tertiary/aromatic N) is 2. The zero-order chi connectivity index (χ0) is 14.8. The quantitative estimate of drug-likeness (QED) is 0.908. The molecule has 4 atom stereocenters. The van der Waals surface area contributed by atoms with Gasteiger partial charge in [0.25, 0.3) is 0 Å². The molecule has 0 aromatic carbocycles. The van der Waals surface area contributed by atoms with E-state index in [-0.39, 0.29) is 30.1 Å². The van der Waals surface area contributed by atoms with Gasteiger partial charge in [0.05, 0.1) is 18.1 Å². The highest BCUT2D eigenvalue weighted by molar-refractivity contribution is 5.79. The number of carbonyl (C=O) groups is 1. The van der Waals surface area contributed by atoms with Crippen molar-refractivity contribution in [3.8, 4) is 0 Å². The maximum atomic E-state index is 12.4. The molecule has 0 aliphatic carbocycles. The van der Waals surface area contributed by atoms with E-state index in [1.807, 2.05) is 13.1 Å². The van der Waals surface area contributed by atoms with Gasteiger partial charge in [0.15, 0.2) is 0 Å². The first-order valence-electron chi connectivity index (χ1n) is 7.75. The van der Waals surface area contributed by atoms with E-state index in [2.05, 4.69) is 21.8 Å². The largest absolute Gasteiger partial charge is 0.378 e. The normalized spacial score (nSPS) is 32.5. The molecule has 0 bridgehead atoms. The molecule has 0 radical (unpaired) electrons. The molecule has 21 heavy (non-hydrogen) atoms. The third-order valence-corrected chi connectivity index (χ3v) is 4.48. The van der Waals surface area contributed by atoms with Crippen molar-refractivity contribution in [2.45, 2.75) is 51.5 Å². The van der Waals surface area contributed by atoms with E-state index in [4.69, 9.17) is 9.47 Å². The number of nitrogens with one attached hydrogen (secondary N) is 1. The Morgan fingerprint density at radius 2 is 2.24 bits per heavy atom. The number of hydrogen-bond donors (Lipinski definition) is 1. The Balaban J connectivity index is 1.68. The monoisotopic (exact) mass is 293 g/mol. The van der Waals surface area contributed by atoms with Gasteiger partial charge in [-0.05, 0) is 26.7 Å². The highest BCUT2D eigenvalue weighted by atomic mass is 16.5. The summed E-state index contributed by atoms with van der Waals surface area (Å²) < 4.78 is 13.4. The lowest BCUT2D eigenvalue weighted by Gasteiger charge is -2.22. The van der Waals surface area contributed by atoms with Crippen molar-refractivity contribution >= 4 is 5.91 Å². The van der Waals surface area contributed by atoms with E-state index in [0.717, 1.165) is 25.2 Å². The van der Waals surface area contributed by atoms with Crippen molar-refractivity contribution in [1.82, 2.24) is 14.9 Å². The van der Waals surface area contributed by atoms with Crippen LogP contribution in [0.15, 0.2) is 12.4 Å². The Hall–Kier alpha value is -1.40. The highest BCUT2D eigenvalue weighted by Gasteiger charge is 2.37. The van der Waals surface area contributed by atoms with Gasteiger partial charge in [0.2, 0.25) is 5.91 Å². The van der Waals surface area contributed by atoms with Gasteiger partial charge in [-0.2, -0.15) is 0 Å². The first-order valence-corrected chi connectivity index (χ1v) is 7.75. The van der Waals surface area contributed by atoms with Crippen molar-refractivity contribution in [3.05, 3.63) is 18.2 Å². The predicted octanol–water partition coefficient (Wildman–Crippen LogP) is 1.27. The Bertz CT molecular complexity index is 502. The molecule has 6 heteroatoms. The molecule has 116 valence electrons. The molecule has 0 saturated carbocycles. The molecule has 2 aliphatic rings. The van der Waals surface area contributed by atoms with Gasteiger partial charge in [-0.25, -0.2) is 4.98 Å². The van der Waals surface area contributed by atoms with Gasteiger partial charge in [-0.15, -0.1) is 0 Å². The van der Waals surface area contributed by atoms with Crippen LogP contribution in [0.3, 0.4) is 0 Å². The molecule has 2 aliphatic heterocycles. The van der Waals surface area contributed by atoms with E-state index >= 15 is 0 Å². The molecule has 1 aromatic rings. The van der Waals surface area contributed by atoms with Crippen LogP contribution in [0.4, 0.5) is 0 Å². The third-order valence-electron chi connectivity index (χ3n) is 4.48. The summed E-state index contributed by atoms with van der Waals surface area (Å²) in [6.45, 7) is 6.21. The Morgan fingerprint density at radius 1 is 1.43 bits per heavy atom. The second-order valence-electron chi connectivity index (χ2n) is 5.74. The lowest BCUT2D eigenvalue weighted by atomic mass is 10.0. The van der Waals surface area contributed by atoms with Crippen LogP contribution in [-0.2, 0) is 20.8 Å². The average molecular weight is 293 g/mol. The number of hydrogen-bond acceptors (Lipinski definition) is 4. The maximum Gasteiger partial charge on any atom is 0.226 e. The maximum absolute atomic E-state index is 12.4. The lowest BCUT2D eigenvalue weighted by Crippen LogP contribution is -2.42. The Kier molecular flexibility index (Phi) is 4.26. The number of imidazole rings is 1. The highest BCUT2D eigenvalue weighted by Crippen LogP contribution is 2.29. The van der Waals surface area contributed by atoms with E-state index in [1.54, 1.807) is 6.20 Å². The predicted molar refractivity (Wildman–Crippen MR) is 76.7 cm³/mol. The number of aromatic nitrogens is 2. The van der Waals surface area contributed by atoms with Crippen molar-refractivity contribution in [3.63, 3.8) is 0 Å². The zero-order valence-corrected chi connectivity index (χ0v) is 12.6. The van der Waals surface area contributed by atoms with E-state index in [9.17, 15) is 4.79 Å². The van der Waals surface area contributed by atoms with Gasteiger partial charge < -0.3 is 19.4 Å². The summed E-state index contributed by atoms with van der Waals surface area (Å²) >= 11 is 0. The summed E-state index contributed by atoms with van der Waals surface area (Å²) in [6.07, 6.45) is 5.21. The second kappa shape index (κ2) is 6.15. The Morgan fingerprint density at radius 3 is 2.95 bits per heavy atom. The van der Waals surface area contributed by atoms with Crippen LogP contribution in [0.1, 0.15) is 38.6 Å². The first kappa shape index (κ1) is 14.5. The van der Waals surface area contributed by atoms with Gasteiger partial charge in [0, 0.05) is 32.2 Å². The smallest absolute Gasteiger partial charge is 0.226 e. The van der Waals surface area contributed by atoms with E-state index < -0.39 is 0 Å². The van der Waals surface area contributed by atoms with Crippen molar-refractivity contribution < 1.29 is 14.3 Å². The minimum Gasteiger partial charge on any atom is -0.378 e. The molecule has 2 fully saturated rings. The van der Waals surface area contributed by atoms with Gasteiger partial charge in [-0.1, -0.05) is 0 Å². The van der Waals surface area contributed by atoms with E-state index in [1.165, 1.54) is 0 Å². The molecule has 0 unspecified atom stereocenters. The Labute approximate surface area is 124 Å². The molecule has 3 heterocycles. The van der Waals surface area contributed by atoms with Gasteiger partial charge in [-0.3, -0.25) is 4.79 Å². The van der Waals surface area contributed by atoms with Crippen LogP contribution < -0.4 is 5.32 Å². The minimum absolute atomic E-state index is 0.00185. The summed E-state index contributed by atoms with van der Waals surface area (Å²) in [7, 11) is 0. The van der Waals surface area contributed by atoms with Gasteiger partial charge in [0.1, 0.15) is 11.9 Å². The van der Waals surface area contributed by atoms with Crippen LogP contribution >= 0.6 is 0 Å². The summed E-state index contributed by atoms with van der Waals surface area (Å²) in [5, 5.41) is 3.14. The topological polar surface area (TPSA) is 65.4 Å². The fraction of sp³-hybridized carbons (Fsp3) is 0.733. The number of rotatable bonds is 4. The number of ether oxygens (including phenoxy) is 2. The summed E-state index contributed by atoms with van der Waals surface area (Å²) in [5.74, 6) is 0.934. The van der Waals surface area contributed by atoms with Crippen LogP contribution in [0.5, 0.6) is 0 Å². The number of carbonyl (C=O) groups excluding carboxylic acids is 1. The summed E-state index contributed by atoms with van der Waals surface area (Å²) in [4.78, 5) is 16.8. The molecular formula is C15H23N3O3. The number of aryl methyl sites for hydroxylation is 1. The van der Waals surface area contributed by atoms with Crippen molar-refractivity contribution in [1.29, 1.82) is 0 Å². The van der Waals surface area contributed by atoms with Crippen LogP contribution in [0.25, 0.3) is 0 Å². The van der Waals surface area contributed by atoms with Crippen LogP contribution in [0.2, 0.25) is 0 Å². The third kappa shape index (κ3) is 2.82. The first-order chi connectivity index (χ1) is 10.2.